The van der Waals surface area contributed by atoms with Crippen molar-refractivity contribution in [1.29, 1.82) is 0 Å². The number of aromatic amines is 1. The topological polar surface area (TPSA) is 113 Å². The number of nitrogens with one attached hydrogen (secondary N) is 3. The Hall–Kier alpha value is -4.20. The largest absolute Gasteiger partial charge is 0.493 e. The third-order valence-electron chi connectivity index (χ3n) is 4.75. The highest BCUT2D eigenvalue weighted by atomic mass is 16.5. The first-order valence-electron chi connectivity index (χ1n) is 9.74. The molecule has 31 heavy (non-hydrogen) atoms. The molecule has 0 saturated heterocycles. The Bertz CT molecular complexity index is 1130. The van der Waals surface area contributed by atoms with Crippen LogP contribution in [0.4, 0.5) is 5.69 Å². The molecule has 8 nitrogen and oxygen atoms in total. The number of carbonyl (C=O) groups excluding carboxylic acids is 3. The van der Waals surface area contributed by atoms with Gasteiger partial charge in [0.25, 0.3) is 11.8 Å². The van der Waals surface area contributed by atoms with Gasteiger partial charge in [-0.3, -0.25) is 19.7 Å². The molecule has 3 aromatic rings. The molecule has 1 aliphatic heterocycles. The highest BCUT2D eigenvalue weighted by Gasteiger charge is 2.21. The lowest BCUT2D eigenvalue weighted by molar-refractivity contribution is -0.129. The Labute approximate surface area is 178 Å². The van der Waals surface area contributed by atoms with Crippen LogP contribution in [0.5, 0.6) is 5.75 Å². The van der Waals surface area contributed by atoms with Crippen LogP contribution in [-0.2, 0) is 20.8 Å². The van der Waals surface area contributed by atoms with Crippen LogP contribution in [0.25, 0.3) is 11.3 Å². The van der Waals surface area contributed by atoms with Gasteiger partial charge in [0.1, 0.15) is 5.75 Å². The second-order valence-corrected chi connectivity index (χ2v) is 6.97. The molecule has 2 heterocycles. The zero-order valence-electron chi connectivity index (χ0n) is 16.6. The zero-order chi connectivity index (χ0) is 21.6. The summed E-state index contributed by atoms with van der Waals surface area (Å²) in [6, 6.07) is 15.1. The Morgan fingerprint density at radius 2 is 1.90 bits per heavy atom. The van der Waals surface area contributed by atoms with Crippen molar-refractivity contribution in [2.45, 2.75) is 12.8 Å². The summed E-state index contributed by atoms with van der Waals surface area (Å²) in [5, 5.41) is 4.83. The average Bonchev–Trinajstić information content (AvgIpc) is 3.29. The predicted octanol–water partition coefficient (Wildman–Crippen LogP) is 2.61. The molecule has 2 aromatic carbocycles. The number of imidazole rings is 1. The van der Waals surface area contributed by atoms with Gasteiger partial charge in [-0.25, -0.2) is 4.98 Å². The van der Waals surface area contributed by atoms with Crippen LogP contribution in [0, 0.1) is 0 Å². The number of ether oxygens (including phenoxy) is 1. The lowest BCUT2D eigenvalue weighted by Gasteiger charge is -2.13. The van der Waals surface area contributed by atoms with E-state index < -0.39 is 17.7 Å². The molecule has 0 saturated carbocycles. The molecule has 8 heteroatoms. The van der Waals surface area contributed by atoms with Gasteiger partial charge in [-0.2, -0.15) is 0 Å². The molecule has 4 rings (SSSR count). The Kier molecular flexibility index (Phi) is 5.89. The van der Waals surface area contributed by atoms with Crippen molar-refractivity contribution in [2.75, 3.05) is 11.9 Å². The normalized spacial score (nSPS) is 13.4. The smallest absolute Gasteiger partial charge is 0.252 e. The molecular formula is C23H20N4O4. The van der Waals surface area contributed by atoms with Crippen LogP contribution in [-0.4, -0.2) is 34.3 Å². The van der Waals surface area contributed by atoms with Gasteiger partial charge in [0.05, 0.1) is 31.2 Å². The second-order valence-electron chi connectivity index (χ2n) is 6.97. The molecule has 156 valence electrons. The SMILES string of the molecule is O=C1C=C(C(=O)Nc2ccc(CCOc3ccccc3-c3cnc[nH]3)cc2)CC(=O)N1. The predicted molar refractivity (Wildman–Crippen MR) is 114 cm³/mol. The molecule has 3 amide bonds. The van der Waals surface area contributed by atoms with E-state index in [0.29, 0.717) is 18.7 Å². The molecule has 0 spiro atoms. The van der Waals surface area contributed by atoms with Gasteiger partial charge >= 0.3 is 0 Å². The number of benzene rings is 2. The van der Waals surface area contributed by atoms with E-state index in [1.54, 1.807) is 24.7 Å². The number of hydrogen-bond acceptors (Lipinski definition) is 5. The molecule has 1 aromatic heterocycles. The number of nitrogens with zero attached hydrogens (tertiary/aromatic N) is 1. The number of para-hydroxylation sites is 1. The van der Waals surface area contributed by atoms with E-state index in [1.165, 1.54) is 0 Å². The average molecular weight is 416 g/mol. The van der Waals surface area contributed by atoms with Crippen LogP contribution in [0.15, 0.2) is 72.7 Å². The van der Waals surface area contributed by atoms with Gasteiger partial charge in [-0.05, 0) is 29.8 Å². The van der Waals surface area contributed by atoms with Gasteiger partial charge in [0.2, 0.25) is 5.91 Å². The summed E-state index contributed by atoms with van der Waals surface area (Å²) >= 11 is 0. The van der Waals surface area contributed by atoms with Crippen LogP contribution in [0.2, 0.25) is 0 Å². The lowest BCUT2D eigenvalue weighted by atomic mass is 10.1. The highest BCUT2D eigenvalue weighted by Crippen LogP contribution is 2.28. The second kappa shape index (κ2) is 9.08. The lowest BCUT2D eigenvalue weighted by Crippen LogP contribution is -2.35. The summed E-state index contributed by atoms with van der Waals surface area (Å²) in [6.45, 7) is 0.487. The van der Waals surface area contributed by atoms with E-state index in [4.69, 9.17) is 4.74 Å². The van der Waals surface area contributed by atoms with Crippen molar-refractivity contribution in [1.82, 2.24) is 15.3 Å². The first-order chi connectivity index (χ1) is 15.1. The van der Waals surface area contributed by atoms with E-state index in [0.717, 1.165) is 28.6 Å². The maximum atomic E-state index is 12.3. The van der Waals surface area contributed by atoms with Crippen molar-refractivity contribution in [3.8, 4) is 17.0 Å². The maximum Gasteiger partial charge on any atom is 0.252 e. The Morgan fingerprint density at radius 1 is 1.10 bits per heavy atom. The summed E-state index contributed by atoms with van der Waals surface area (Å²) in [5.74, 6) is -0.752. The van der Waals surface area contributed by atoms with Crippen LogP contribution in [0.1, 0.15) is 12.0 Å². The Balaban J connectivity index is 1.32. The van der Waals surface area contributed by atoms with Gasteiger partial charge < -0.3 is 15.0 Å². The van der Waals surface area contributed by atoms with Crippen molar-refractivity contribution >= 4 is 23.4 Å². The van der Waals surface area contributed by atoms with E-state index in [1.807, 2.05) is 36.4 Å². The molecule has 1 aliphatic rings. The molecule has 0 fully saturated rings. The number of hydrogen-bond donors (Lipinski definition) is 3. The molecular weight excluding hydrogens is 396 g/mol. The number of rotatable bonds is 7. The number of imide groups is 1. The van der Waals surface area contributed by atoms with Crippen molar-refractivity contribution in [3.63, 3.8) is 0 Å². The minimum atomic E-state index is -0.578. The van der Waals surface area contributed by atoms with Gasteiger partial charge in [-0.15, -0.1) is 0 Å². The molecule has 3 N–H and O–H groups in total. The number of anilines is 1. The van der Waals surface area contributed by atoms with Crippen molar-refractivity contribution in [3.05, 3.63) is 78.3 Å². The van der Waals surface area contributed by atoms with Crippen LogP contribution >= 0.6 is 0 Å². The van der Waals surface area contributed by atoms with Crippen molar-refractivity contribution < 1.29 is 19.1 Å². The minimum Gasteiger partial charge on any atom is -0.493 e. The van der Waals surface area contributed by atoms with E-state index >= 15 is 0 Å². The molecule has 0 radical (unpaired) electrons. The van der Waals surface area contributed by atoms with Gasteiger partial charge in [0, 0.05) is 29.3 Å². The standard InChI is InChI=1S/C23H20N4O4/c28-21-11-16(12-22(29)27-21)23(30)26-17-7-5-15(6-8-17)9-10-31-20-4-2-1-3-18(20)19-13-24-14-25-19/h1-8,11,13-14H,9-10,12H2,(H,24,25)(H,26,30)(H,27,28,29). The van der Waals surface area contributed by atoms with Crippen LogP contribution in [0.3, 0.4) is 0 Å². The molecule has 0 unspecified atom stereocenters. The first-order valence-corrected chi connectivity index (χ1v) is 9.74. The fourth-order valence-electron chi connectivity index (χ4n) is 3.21. The summed E-state index contributed by atoms with van der Waals surface area (Å²) < 4.78 is 5.96. The first kappa shape index (κ1) is 20.1. The third-order valence-corrected chi connectivity index (χ3v) is 4.75. The molecule has 0 bridgehead atoms. The zero-order valence-corrected chi connectivity index (χ0v) is 16.6. The fourth-order valence-corrected chi connectivity index (χ4v) is 3.21. The molecule has 0 aliphatic carbocycles. The maximum absolute atomic E-state index is 12.3. The van der Waals surface area contributed by atoms with E-state index in [-0.39, 0.29) is 12.0 Å². The van der Waals surface area contributed by atoms with Gasteiger partial charge in [0.15, 0.2) is 0 Å². The highest BCUT2D eigenvalue weighted by molar-refractivity contribution is 6.15. The monoisotopic (exact) mass is 416 g/mol. The van der Waals surface area contributed by atoms with E-state index in [2.05, 4.69) is 20.6 Å². The number of aromatic nitrogens is 2. The summed E-state index contributed by atoms with van der Waals surface area (Å²) in [5.41, 5.74) is 3.61. The van der Waals surface area contributed by atoms with Crippen LogP contribution < -0.4 is 15.4 Å². The minimum absolute atomic E-state index is 0.118. The summed E-state index contributed by atoms with van der Waals surface area (Å²) in [7, 11) is 0. The Morgan fingerprint density at radius 3 is 2.65 bits per heavy atom. The molecule has 0 atom stereocenters. The van der Waals surface area contributed by atoms with E-state index in [9.17, 15) is 14.4 Å². The number of amides is 3. The fraction of sp³-hybridized carbons (Fsp3) is 0.130. The summed E-state index contributed by atoms with van der Waals surface area (Å²) in [6.07, 6.45) is 5.09. The summed E-state index contributed by atoms with van der Waals surface area (Å²) in [4.78, 5) is 42.2. The number of H-pyrrole nitrogens is 1. The quantitative estimate of drug-likeness (QED) is 0.513. The van der Waals surface area contributed by atoms with Gasteiger partial charge in [-0.1, -0.05) is 24.3 Å². The number of carbonyl (C=O) groups is 3. The van der Waals surface area contributed by atoms with Crippen molar-refractivity contribution in [2.24, 2.45) is 0 Å². The third kappa shape index (κ3) is 5.05.